The number of hydrogen-bond donors (Lipinski definition) is 3. The van der Waals surface area contributed by atoms with Gasteiger partial charge < -0.3 is 21.5 Å². The Hall–Kier alpha value is -1.30. The molecule has 88 valence electrons. The molecule has 0 aliphatic rings. The van der Waals surface area contributed by atoms with Gasteiger partial charge in [-0.1, -0.05) is 6.92 Å². The number of ether oxygens (including phenoxy) is 1. The van der Waals surface area contributed by atoms with Crippen molar-refractivity contribution in [3.63, 3.8) is 0 Å². The van der Waals surface area contributed by atoms with Crippen LogP contribution < -0.4 is 16.8 Å². The van der Waals surface area contributed by atoms with E-state index in [1.165, 1.54) is 0 Å². The van der Waals surface area contributed by atoms with E-state index in [9.17, 15) is 9.59 Å². The van der Waals surface area contributed by atoms with Gasteiger partial charge in [-0.2, -0.15) is 0 Å². The Balaban J connectivity index is 3.87. The summed E-state index contributed by atoms with van der Waals surface area (Å²) in [6.45, 7) is 4.29. The number of carbonyl (C=O) groups is 2. The van der Waals surface area contributed by atoms with Gasteiger partial charge in [-0.15, -0.1) is 0 Å². The molecule has 2 amide bonds. The van der Waals surface area contributed by atoms with Crippen LogP contribution in [0.3, 0.4) is 0 Å². The first-order chi connectivity index (χ1) is 6.96. The van der Waals surface area contributed by atoms with E-state index in [2.05, 4.69) is 10.1 Å². The third-order valence-electron chi connectivity index (χ3n) is 2.41. The molecule has 1 unspecified atom stereocenters. The smallest absolute Gasteiger partial charge is 0.404 e. The molecule has 6 nitrogen and oxygen atoms in total. The molecule has 0 aromatic carbocycles. The van der Waals surface area contributed by atoms with Crippen LogP contribution in [0.25, 0.3) is 0 Å². The summed E-state index contributed by atoms with van der Waals surface area (Å²) in [6, 6.07) is 0. The van der Waals surface area contributed by atoms with Crippen molar-refractivity contribution < 1.29 is 14.3 Å². The Kier molecular flexibility index (Phi) is 5.69. The lowest BCUT2D eigenvalue weighted by atomic mass is 9.87. The topological polar surface area (TPSA) is 107 Å². The number of nitrogens with one attached hydrogen (secondary N) is 1. The molecule has 0 heterocycles. The molecule has 0 bridgehead atoms. The van der Waals surface area contributed by atoms with Crippen molar-refractivity contribution in [2.45, 2.75) is 20.3 Å². The maximum atomic E-state index is 11.6. The van der Waals surface area contributed by atoms with Crippen LogP contribution in [0.15, 0.2) is 0 Å². The number of primary amides is 1. The van der Waals surface area contributed by atoms with Gasteiger partial charge in [-0.3, -0.25) is 4.79 Å². The molecule has 0 aliphatic carbocycles. The Labute approximate surface area is 89.3 Å². The summed E-state index contributed by atoms with van der Waals surface area (Å²) in [6.07, 6.45) is -0.187. The second kappa shape index (κ2) is 6.23. The van der Waals surface area contributed by atoms with E-state index in [-0.39, 0.29) is 25.6 Å². The number of rotatable bonds is 6. The molecule has 15 heavy (non-hydrogen) atoms. The fourth-order valence-corrected chi connectivity index (χ4v) is 0.927. The van der Waals surface area contributed by atoms with Crippen LogP contribution >= 0.6 is 0 Å². The maximum Gasteiger partial charge on any atom is 0.404 e. The van der Waals surface area contributed by atoms with Crippen LogP contribution in [0.5, 0.6) is 0 Å². The summed E-state index contributed by atoms with van der Waals surface area (Å²) in [5, 5.41) is 2.63. The maximum absolute atomic E-state index is 11.6. The number of amides is 2. The van der Waals surface area contributed by atoms with Crippen LogP contribution in [-0.2, 0) is 9.53 Å². The third-order valence-corrected chi connectivity index (χ3v) is 2.41. The first-order valence-electron chi connectivity index (χ1n) is 4.87. The zero-order valence-electron chi connectivity index (χ0n) is 9.21. The first-order valence-corrected chi connectivity index (χ1v) is 4.87. The Morgan fingerprint density at radius 1 is 1.47 bits per heavy atom. The molecule has 0 saturated carbocycles. The van der Waals surface area contributed by atoms with Gasteiger partial charge in [0, 0.05) is 6.54 Å². The van der Waals surface area contributed by atoms with E-state index in [1.807, 2.05) is 6.92 Å². The van der Waals surface area contributed by atoms with Gasteiger partial charge in [0.1, 0.15) is 6.61 Å². The molecule has 0 aromatic rings. The average molecular weight is 217 g/mol. The normalized spacial score (nSPS) is 14.1. The Morgan fingerprint density at radius 3 is 2.47 bits per heavy atom. The zero-order valence-corrected chi connectivity index (χ0v) is 9.21. The zero-order chi connectivity index (χ0) is 11.9. The van der Waals surface area contributed by atoms with E-state index < -0.39 is 11.5 Å². The summed E-state index contributed by atoms with van der Waals surface area (Å²) < 4.78 is 4.47. The first kappa shape index (κ1) is 13.7. The SMILES string of the molecule is CCC(C)(CN)C(=O)NCCOC(N)=O. The van der Waals surface area contributed by atoms with E-state index in [1.54, 1.807) is 6.92 Å². The van der Waals surface area contributed by atoms with E-state index >= 15 is 0 Å². The van der Waals surface area contributed by atoms with Gasteiger partial charge in [0.05, 0.1) is 12.0 Å². The lowest BCUT2D eigenvalue weighted by Gasteiger charge is -2.24. The van der Waals surface area contributed by atoms with Crippen molar-refractivity contribution in [1.29, 1.82) is 0 Å². The summed E-state index contributed by atoms with van der Waals surface area (Å²) >= 11 is 0. The summed E-state index contributed by atoms with van der Waals surface area (Å²) in [5.41, 5.74) is 9.70. The standard InChI is InChI=1S/C9H19N3O3/c1-3-9(2,6-10)7(13)12-4-5-15-8(11)14/h3-6,10H2,1-2H3,(H2,11,14)(H,12,13). The van der Waals surface area contributed by atoms with Gasteiger partial charge in [-0.05, 0) is 13.3 Å². The van der Waals surface area contributed by atoms with Gasteiger partial charge in [0.15, 0.2) is 0 Å². The molecule has 6 heteroatoms. The summed E-state index contributed by atoms with van der Waals surface area (Å²) in [7, 11) is 0. The van der Waals surface area contributed by atoms with Crippen LogP contribution in [0, 0.1) is 5.41 Å². The minimum Gasteiger partial charge on any atom is -0.448 e. The fraction of sp³-hybridized carbons (Fsp3) is 0.778. The molecular weight excluding hydrogens is 198 g/mol. The van der Waals surface area contributed by atoms with Gasteiger partial charge in [-0.25, -0.2) is 4.79 Å². The molecule has 0 fully saturated rings. The summed E-state index contributed by atoms with van der Waals surface area (Å²) in [5.74, 6) is -0.138. The van der Waals surface area contributed by atoms with E-state index in [0.29, 0.717) is 6.42 Å². The van der Waals surface area contributed by atoms with Crippen molar-refractivity contribution in [3.05, 3.63) is 0 Å². The molecule has 0 saturated heterocycles. The van der Waals surface area contributed by atoms with Gasteiger partial charge in [0.2, 0.25) is 5.91 Å². The number of hydrogen-bond acceptors (Lipinski definition) is 4. The highest BCUT2D eigenvalue weighted by atomic mass is 16.5. The van der Waals surface area contributed by atoms with Gasteiger partial charge >= 0.3 is 6.09 Å². The number of carbonyl (C=O) groups excluding carboxylic acids is 2. The van der Waals surface area contributed by atoms with Crippen LogP contribution in [0.2, 0.25) is 0 Å². The number of nitrogens with two attached hydrogens (primary N) is 2. The molecule has 1 atom stereocenters. The lowest BCUT2D eigenvalue weighted by molar-refractivity contribution is -0.130. The molecule has 0 aromatic heterocycles. The van der Waals surface area contributed by atoms with Crippen molar-refractivity contribution in [3.8, 4) is 0 Å². The van der Waals surface area contributed by atoms with E-state index in [4.69, 9.17) is 11.5 Å². The van der Waals surface area contributed by atoms with E-state index in [0.717, 1.165) is 0 Å². The predicted molar refractivity (Wildman–Crippen MR) is 56.0 cm³/mol. The lowest BCUT2D eigenvalue weighted by Crippen LogP contribution is -2.44. The fourth-order valence-electron chi connectivity index (χ4n) is 0.927. The van der Waals surface area contributed by atoms with Crippen molar-refractivity contribution in [1.82, 2.24) is 5.32 Å². The highest BCUT2D eigenvalue weighted by Gasteiger charge is 2.28. The molecule has 0 spiro atoms. The average Bonchev–Trinajstić information content (AvgIpc) is 2.22. The minimum absolute atomic E-state index is 0.0748. The Bertz CT molecular complexity index is 227. The summed E-state index contributed by atoms with van der Waals surface area (Å²) in [4.78, 5) is 21.8. The monoisotopic (exact) mass is 217 g/mol. The van der Waals surface area contributed by atoms with Gasteiger partial charge in [0.25, 0.3) is 0 Å². The quantitative estimate of drug-likeness (QED) is 0.525. The van der Waals surface area contributed by atoms with Crippen LogP contribution in [-0.4, -0.2) is 31.7 Å². The van der Waals surface area contributed by atoms with Crippen molar-refractivity contribution in [2.24, 2.45) is 16.9 Å². The highest BCUT2D eigenvalue weighted by Crippen LogP contribution is 2.18. The second-order valence-electron chi connectivity index (χ2n) is 3.54. The Morgan fingerprint density at radius 2 is 2.07 bits per heavy atom. The van der Waals surface area contributed by atoms with Crippen LogP contribution in [0.4, 0.5) is 4.79 Å². The molecular formula is C9H19N3O3. The predicted octanol–water partition coefficient (Wildman–Crippen LogP) is -0.427. The molecule has 0 rings (SSSR count). The minimum atomic E-state index is -0.846. The highest BCUT2D eigenvalue weighted by molar-refractivity contribution is 5.82. The molecule has 0 aliphatic heterocycles. The molecule has 5 N–H and O–H groups in total. The second-order valence-corrected chi connectivity index (χ2v) is 3.54. The van der Waals surface area contributed by atoms with Crippen molar-refractivity contribution >= 4 is 12.0 Å². The third kappa shape index (κ3) is 4.64. The largest absolute Gasteiger partial charge is 0.448 e. The molecule has 0 radical (unpaired) electrons. The van der Waals surface area contributed by atoms with Crippen LogP contribution in [0.1, 0.15) is 20.3 Å². The van der Waals surface area contributed by atoms with Crippen molar-refractivity contribution in [2.75, 3.05) is 19.7 Å².